The molecular formula is C10H12FNO2. The molecule has 76 valence electrons. The summed E-state index contributed by atoms with van der Waals surface area (Å²) >= 11 is 0. The third-order valence-corrected chi connectivity index (χ3v) is 2.42. The molecule has 0 bridgehead atoms. The van der Waals surface area contributed by atoms with Gasteiger partial charge in [0, 0.05) is 5.56 Å². The first-order valence-corrected chi connectivity index (χ1v) is 4.36. The molecule has 2 N–H and O–H groups in total. The van der Waals surface area contributed by atoms with E-state index in [0.717, 1.165) is 0 Å². The largest absolute Gasteiger partial charge is 0.496 e. The molecule has 1 aliphatic rings. The van der Waals surface area contributed by atoms with Gasteiger partial charge in [-0.2, -0.15) is 0 Å². The molecule has 1 heterocycles. The summed E-state index contributed by atoms with van der Waals surface area (Å²) in [6.07, 6.45) is 0. The highest BCUT2D eigenvalue weighted by molar-refractivity contribution is 5.40. The molecule has 2 rings (SSSR count). The summed E-state index contributed by atoms with van der Waals surface area (Å²) in [5, 5.41) is 0. The van der Waals surface area contributed by atoms with Crippen LogP contribution in [0.4, 0.5) is 4.39 Å². The van der Waals surface area contributed by atoms with Crippen LogP contribution in [-0.4, -0.2) is 20.3 Å². The van der Waals surface area contributed by atoms with Crippen molar-refractivity contribution in [2.75, 3.05) is 20.3 Å². The second kappa shape index (κ2) is 3.22. The quantitative estimate of drug-likeness (QED) is 0.769. The zero-order valence-electron chi connectivity index (χ0n) is 7.92. The van der Waals surface area contributed by atoms with Gasteiger partial charge in [-0.15, -0.1) is 0 Å². The van der Waals surface area contributed by atoms with Crippen molar-refractivity contribution in [2.45, 2.75) is 5.54 Å². The van der Waals surface area contributed by atoms with Gasteiger partial charge in [0.25, 0.3) is 0 Å². The Balaban J connectivity index is 2.43. The van der Waals surface area contributed by atoms with E-state index in [9.17, 15) is 4.39 Å². The first-order valence-electron chi connectivity index (χ1n) is 4.36. The van der Waals surface area contributed by atoms with Gasteiger partial charge in [0.05, 0.1) is 25.9 Å². The number of nitrogens with two attached hydrogens (primary N) is 1. The first-order chi connectivity index (χ1) is 6.65. The van der Waals surface area contributed by atoms with E-state index in [4.69, 9.17) is 15.2 Å². The number of methoxy groups -OCH3 is 1. The highest BCUT2D eigenvalue weighted by Gasteiger charge is 2.38. The lowest BCUT2D eigenvalue weighted by molar-refractivity contribution is -0.0579. The molecule has 0 atom stereocenters. The Morgan fingerprint density at radius 2 is 2.21 bits per heavy atom. The van der Waals surface area contributed by atoms with Crippen LogP contribution in [0.1, 0.15) is 5.56 Å². The Kier molecular flexibility index (Phi) is 2.17. The lowest BCUT2D eigenvalue weighted by atomic mass is 9.88. The molecule has 14 heavy (non-hydrogen) atoms. The maximum atomic E-state index is 13.0. The maximum absolute atomic E-state index is 13.0. The van der Waals surface area contributed by atoms with Gasteiger partial charge in [-0.25, -0.2) is 4.39 Å². The molecule has 0 radical (unpaired) electrons. The van der Waals surface area contributed by atoms with Crippen LogP contribution in [0.5, 0.6) is 5.75 Å². The smallest absolute Gasteiger partial charge is 0.124 e. The normalized spacial score (nSPS) is 18.8. The average molecular weight is 197 g/mol. The number of benzene rings is 1. The van der Waals surface area contributed by atoms with E-state index in [1.807, 2.05) is 0 Å². The standard InChI is InChI=1S/C10H12FNO2/c1-13-9-3-2-7(11)4-8(9)10(12)5-14-6-10/h2-4H,5-6,12H2,1H3. The monoisotopic (exact) mass is 197 g/mol. The van der Waals surface area contributed by atoms with Crippen LogP contribution in [-0.2, 0) is 10.3 Å². The van der Waals surface area contributed by atoms with Crippen LogP contribution < -0.4 is 10.5 Å². The molecule has 4 heteroatoms. The summed E-state index contributed by atoms with van der Waals surface area (Å²) in [5.74, 6) is 0.301. The van der Waals surface area contributed by atoms with Crippen molar-refractivity contribution in [3.8, 4) is 5.75 Å². The summed E-state index contributed by atoms with van der Waals surface area (Å²) in [6, 6.07) is 4.34. The Morgan fingerprint density at radius 1 is 1.50 bits per heavy atom. The van der Waals surface area contributed by atoms with Crippen molar-refractivity contribution in [2.24, 2.45) is 5.73 Å². The number of halogens is 1. The van der Waals surface area contributed by atoms with E-state index in [1.54, 1.807) is 13.2 Å². The van der Waals surface area contributed by atoms with Crippen molar-refractivity contribution >= 4 is 0 Å². The van der Waals surface area contributed by atoms with Gasteiger partial charge in [0.2, 0.25) is 0 Å². The van der Waals surface area contributed by atoms with Gasteiger partial charge in [-0.05, 0) is 18.2 Å². The molecule has 1 fully saturated rings. The summed E-state index contributed by atoms with van der Waals surface area (Å²) in [6.45, 7) is 0.819. The van der Waals surface area contributed by atoms with Crippen LogP contribution >= 0.6 is 0 Å². The SMILES string of the molecule is COc1ccc(F)cc1C1(N)COC1. The predicted octanol–water partition coefficient (Wildman–Crippen LogP) is 1.02. The number of rotatable bonds is 2. The molecule has 1 aromatic carbocycles. The Morgan fingerprint density at radius 3 is 2.71 bits per heavy atom. The lowest BCUT2D eigenvalue weighted by Crippen LogP contribution is -2.54. The Hall–Kier alpha value is -1.13. The van der Waals surface area contributed by atoms with Crippen LogP contribution in [0, 0.1) is 5.82 Å². The summed E-state index contributed by atoms with van der Waals surface area (Å²) in [4.78, 5) is 0. The minimum atomic E-state index is -0.590. The zero-order chi connectivity index (χ0) is 10.2. The van der Waals surface area contributed by atoms with E-state index < -0.39 is 5.54 Å². The number of ether oxygens (including phenoxy) is 2. The van der Waals surface area contributed by atoms with Gasteiger partial charge in [-0.1, -0.05) is 0 Å². The van der Waals surface area contributed by atoms with Crippen molar-refractivity contribution in [1.82, 2.24) is 0 Å². The maximum Gasteiger partial charge on any atom is 0.124 e. The van der Waals surface area contributed by atoms with Gasteiger partial charge < -0.3 is 15.2 Å². The van der Waals surface area contributed by atoms with Crippen LogP contribution in [0.15, 0.2) is 18.2 Å². The molecule has 0 unspecified atom stereocenters. The topological polar surface area (TPSA) is 44.5 Å². The van der Waals surface area contributed by atoms with Gasteiger partial charge in [-0.3, -0.25) is 0 Å². The third kappa shape index (κ3) is 1.36. The molecule has 0 amide bonds. The van der Waals surface area contributed by atoms with Gasteiger partial charge in [0.15, 0.2) is 0 Å². The van der Waals surface area contributed by atoms with Crippen LogP contribution in [0.3, 0.4) is 0 Å². The van der Waals surface area contributed by atoms with E-state index in [2.05, 4.69) is 0 Å². The van der Waals surface area contributed by atoms with Crippen LogP contribution in [0.25, 0.3) is 0 Å². The van der Waals surface area contributed by atoms with Crippen molar-refractivity contribution in [1.29, 1.82) is 0 Å². The molecular weight excluding hydrogens is 185 g/mol. The minimum Gasteiger partial charge on any atom is -0.496 e. The van der Waals surface area contributed by atoms with Gasteiger partial charge >= 0.3 is 0 Å². The average Bonchev–Trinajstić information content (AvgIpc) is 2.14. The molecule has 1 saturated heterocycles. The fourth-order valence-corrected chi connectivity index (χ4v) is 1.55. The molecule has 0 saturated carbocycles. The highest BCUT2D eigenvalue weighted by Crippen LogP contribution is 2.33. The van der Waals surface area contributed by atoms with Crippen molar-refractivity contribution < 1.29 is 13.9 Å². The lowest BCUT2D eigenvalue weighted by Gasteiger charge is -2.38. The van der Waals surface area contributed by atoms with E-state index in [1.165, 1.54) is 12.1 Å². The van der Waals surface area contributed by atoms with E-state index >= 15 is 0 Å². The van der Waals surface area contributed by atoms with Crippen molar-refractivity contribution in [3.63, 3.8) is 0 Å². The molecule has 1 aliphatic heterocycles. The van der Waals surface area contributed by atoms with Crippen LogP contribution in [0.2, 0.25) is 0 Å². The highest BCUT2D eigenvalue weighted by atomic mass is 19.1. The molecule has 0 aromatic heterocycles. The fourth-order valence-electron chi connectivity index (χ4n) is 1.55. The summed E-state index contributed by atoms with van der Waals surface area (Å²) in [7, 11) is 1.54. The number of hydrogen-bond acceptors (Lipinski definition) is 3. The Labute approximate surface area is 81.6 Å². The fraction of sp³-hybridized carbons (Fsp3) is 0.400. The molecule has 0 aliphatic carbocycles. The second-order valence-corrected chi connectivity index (χ2v) is 3.49. The summed E-state index contributed by atoms with van der Waals surface area (Å²) in [5.41, 5.74) is 6.08. The van der Waals surface area contributed by atoms with Gasteiger partial charge in [0.1, 0.15) is 11.6 Å². The predicted molar refractivity (Wildman–Crippen MR) is 49.6 cm³/mol. The Bertz CT molecular complexity index is 350. The third-order valence-electron chi connectivity index (χ3n) is 2.42. The first kappa shape index (κ1) is 9.43. The van der Waals surface area contributed by atoms with E-state index in [-0.39, 0.29) is 5.82 Å². The summed E-state index contributed by atoms with van der Waals surface area (Å²) < 4.78 is 23.2. The van der Waals surface area contributed by atoms with Crippen molar-refractivity contribution in [3.05, 3.63) is 29.6 Å². The molecule has 1 aromatic rings. The number of hydrogen-bond donors (Lipinski definition) is 1. The van der Waals surface area contributed by atoms with E-state index in [0.29, 0.717) is 24.5 Å². The molecule has 3 nitrogen and oxygen atoms in total. The zero-order valence-corrected chi connectivity index (χ0v) is 7.92. The second-order valence-electron chi connectivity index (χ2n) is 3.49. The molecule has 0 spiro atoms. The minimum absolute atomic E-state index is 0.308.